The van der Waals surface area contributed by atoms with Gasteiger partial charge in [-0.15, -0.1) is 0 Å². The first-order valence-corrected chi connectivity index (χ1v) is 8.76. The van der Waals surface area contributed by atoms with Gasteiger partial charge in [0.1, 0.15) is 0 Å². The van der Waals surface area contributed by atoms with Gasteiger partial charge in [-0.25, -0.2) is 0 Å². The topological polar surface area (TPSA) is 27.7 Å². The van der Waals surface area contributed by atoms with Crippen molar-refractivity contribution in [3.63, 3.8) is 0 Å². The van der Waals surface area contributed by atoms with Crippen LogP contribution in [0.5, 0.6) is 0 Å². The first-order valence-electron chi connectivity index (χ1n) is 7.60. The van der Waals surface area contributed by atoms with Gasteiger partial charge >= 0.3 is 0 Å². The Labute approximate surface area is 115 Å². The summed E-state index contributed by atoms with van der Waals surface area (Å²) in [5, 5.41) is 0. The van der Waals surface area contributed by atoms with E-state index in [1.807, 2.05) is 0 Å². The number of hydrogen-bond donors (Lipinski definition) is 0. The minimum atomic E-state index is -0.480. The van der Waals surface area contributed by atoms with Crippen molar-refractivity contribution in [1.82, 2.24) is 0 Å². The molecule has 4 heteroatoms. The molecule has 18 heavy (non-hydrogen) atoms. The van der Waals surface area contributed by atoms with Gasteiger partial charge in [-0.1, -0.05) is 19.3 Å². The van der Waals surface area contributed by atoms with Gasteiger partial charge in [-0.05, 0) is 33.6 Å². The van der Waals surface area contributed by atoms with Crippen LogP contribution in [0.15, 0.2) is 0 Å². The molecule has 1 aliphatic carbocycles. The second-order valence-electron chi connectivity index (χ2n) is 5.02. The van der Waals surface area contributed by atoms with Crippen LogP contribution in [0.3, 0.4) is 0 Å². The van der Waals surface area contributed by atoms with Crippen molar-refractivity contribution in [2.45, 2.75) is 64.4 Å². The Balaban J connectivity index is 2.86. The fourth-order valence-electron chi connectivity index (χ4n) is 3.17. The summed E-state index contributed by atoms with van der Waals surface area (Å²) in [6, 6.07) is 0. The van der Waals surface area contributed by atoms with Crippen molar-refractivity contribution in [2.75, 3.05) is 19.8 Å². The van der Waals surface area contributed by atoms with Crippen molar-refractivity contribution < 1.29 is 14.2 Å². The van der Waals surface area contributed by atoms with Gasteiger partial charge in [-0.2, -0.15) is 0 Å². The molecule has 0 aromatic heterocycles. The molecular weight excluding hydrogens is 244 g/mol. The van der Waals surface area contributed by atoms with E-state index in [9.17, 15) is 0 Å². The second kappa shape index (κ2) is 8.30. The van der Waals surface area contributed by atoms with E-state index < -0.39 is 5.79 Å². The average molecular weight is 274 g/mol. The van der Waals surface area contributed by atoms with Crippen LogP contribution in [0, 0.1) is 5.92 Å². The molecule has 0 aromatic carbocycles. The van der Waals surface area contributed by atoms with Crippen molar-refractivity contribution in [3.8, 4) is 0 Å². The number of rotatable bonds is 8. The number of hydrogen-bond acceptors (Lipinski definition) is 3. The zero-order valence-electron chi connectivity index (χ0n) is 12.5. The summed E-state index contributed by atoms with van der Waals surface area (Å²) in [7, 11) is 0.946. The maximum atomic E-state index is 6.11. The van der Waals surface area contributed by atoms with E-state index in [-0.39, 0.29) is 5.73 Å². The van der Waals surface area contributed by atoms with Crippen LogP contribution < -0.4 is 0 Å². The van der Waals surface area contributed by atoms with Crippen LogP contribution >= 0.6 is 0 Å². The van der Waals surface area contributed by atoms with Gasteiger partial charge < -0.3 is 14.2 Å². The maximum absolute atomic E-state index is 6.11. The standard InChI is InChI=1S/C14H30O3Si/c1-4-15-13(18)14(16-5-2,17-6-3)12-10-8-7-9-11-12/h12-13H,4-11H2,1-3,18H3. The summed E-state index contributed by atoms with van der Waals surface area (Å²) in [4.78, 5) is 0. The molecule has 1 saturated carbocycles. The zero-order chi connectivity index (χ0) is 13.4. The summed E-state index contributed by atoms with van der Waals surface area (Å²) < 4.78 is 18.1. The molecule has 1 aliphatic rings. The smallest absolute Gasteiger partial charge is 0.193 e. The summed E-state index contributed by atoms with van der Waals surface area (Å²) in [6.07, 6.45) is 6.38. The van der Waals surface area contributed by atoms with E-state index in [1.54, 1.807) is 0 Å². The zero-order valence-corrected chi connectivity index (χ0v) is 14.5. The molecule has 0 N–H and O–H groups in total. The van der Waals surface area contributed by atoms with Crippen molar-refractivity contribution in [1.29, 1.82) is 0 Å². The van der Waals surface area contributed by atoms with Gasteiger partial charge in [0, 0.05) is 36.0 Å². The molecule has 0 bridgehead atoms. The van der Waals surface area contributed by atoms with Crippen molar-refractivity contribution in [2.24, 2.45) is 5.92 Å². The molecule has 0 amide bonds. The SMILES string of the molecule is CCOC([SiH3])C(OCC)(OCC)C1CCCCC1. The predicted molar refractivity (Wildman–Crippen MR) is 77.9 cm³/mol. The van der Waals surface area contributed by atoms with Crippen LogP contribution in [0.1, 0.15) is 52.9 Å². The van der Waals surface area contributed by atoms with E-state index in [0.29, 0.717) is 19.1 Å². The maximum Gasteiger partial charge on any atom is 0.193 e. The monoisotopic (exact) mass is 274 g/mol. The fraction of sp³-hybridized carbons (Fsp3) is 1.00. The molecule has 0 spiro atoms. The van der Waals surface area contributed by atoms with Crippen LogP contribution in [0.4, 0.5) is 0 Å². The average Bonchev–Trinajstić information content (AvgIpc) is 2.39. The van der Waals surface area contributed by atoms with Gasteiger partial charge in [-0.3, -0.25) is 0 Å². The third kappa shape index (κ3) is 3.79. The highest BCUT2D eigenvalue weighted by atomic mass is 28.1. The van der Waals surface area contributed by atoms with E-state index in [0.717, 1.165) is 16.8 Å². The molecule has 1 unspecified atom stereocenters. The van der Waals surface area contributed by atoms with Crippen LogP contribution in [0.2, 0.25) is 0 Å². The number of ether oxygens (including phenoxy) is 3. The van der Waals surface area contributed by atoms with E-state index >= 15 is 0 Å². The van der Waals surface area contributed by atoms with Crippen LogP contribution in [-0.4, -0.2) is 41.6 Å². The molecule has 1 rings (SSSR count). The molecule has 0 radical (unpaired) electrons. The molecule has 3 nitrogen and oxygen atoms in total. The first kappa shape index (κ1) is 16.2. The van der Waals surface area contributed by atoms with Gasteiger partial charge in [0.25, 0.3) is 0 Å². The summed E-state index contributed by atoms with van der Waals surface area (Å²) in [6.45, 7) is 8.29. The van der Waals surface area contributed by atoms with Crippen LogP contribution in [0.25, 0.3) is 0 Å². The van der Waals surface area contributed by atoms with Gasteiger partial charge in [0.15, 0.2) is 5.79 Å². The Morgan fingerprint density at radius 2 is 1.56 bits per heavy atom. The third-order valence-corrected chi connectivity index (χ3v) is 5.04. The fourth-order valence-corrected chi connectivity index (χ4v) is 4.30. The lowest BCUT2D eigenvalue weighted by molar-refractivity contribution is -0.300. The molecule has 0 saturated heterocycles. The highest BCUT2D eigenvalue weighted by Crippen LogP contribution is 2.38. The molecule has 0 heterocycles. The highest BCUT2D eigenvalue weighted by molar-refractivity contribution is 6.11. The predicted octanol–water partition coefficient (Wildman–Crippen LogP) is 2.06. The summed E-state index contributed by atoms with van der Waals surface area (Å²) in [5.41, 5.74) is 0.130. The molecule has 1 fully saturated rings. The van der Waals surface area contributed by atoms with Crippen LogP contribution in [-0.2, 0) is 14.2 Å². The molecule has 0 aliphatic heterocycles. The molecular formula is C14H30O3Si. The Morgan fingerprint density at radius 3 is 2.00 bits per heavy atom. The minimum Gasteiger partial charge on any atom is -0.377 e. The first-order chi connectivity index (χ1) is 8.71. The Morgan fingerprint density at radius 1 is 1.00 bits per heavy atom. The molecule has 108 valence electrons. The molecule has 1 atom stereocenters. The summed E-state index contributed by atoms with van der Waals surface area (Å²) in [5.74, 6) is 0.0202. The lowest BCUT2D eigenvalue weighted by Gasteiger charge is -2.45. The normalized spacial score (nSPS) is 20.2. The highest BCUT2D eigenvalue weighted by Gasteiger charge is 2.46. The van der Waals surface area contributed by atoms with E-state index in [2.05, 4.69) is 20.8 Å². The Hall–Kier alpha value is 0.0969. The van der Waals surface area contributed by atoms with Gasteiger partial charge in [0.2, 0.25) is 0 Å². The van der Waals surface area contributed by atoms with Gasteiger partial charge in [0.05, 0.1) is 5.73 Å². The summed E-state index contributed by atoms with van der Waals surface area (Å²) >= 11 is 0. The van der Waals surface area contributed by atoms with Crippen molar-refractivity contribution in [3.05, 3.63) is 0 Å². The molecule has 0 aromatic rings. The second-order valence-corrected chi connectivity index (χ2v) is 6.07. The van der Waals surface area contributed by atoms with E-state index in [4.69, 9.17) is 14.2 Å². The third-order valence-electron chi connectivity index (χ3n) is 3.90. The van der Waals surface area contributed by atoms with E-state index in [1.165, 1.54) is 32.1 Å². The van der Waals surface area contributed by atoms with Crippen molar-refractivity contribution >= 4 is 10.2 Å². The largest absolute Gasteiger partial charge is 0.377 e. The Bertz CT molecular complexity index is 211. The Kier molecular flexibility index (Phi) is 7.45. The minimum absolute atomic E-state index is 0.130. The quantitative estimate of drug-likeness (QED) is 0.501. The lowest BCUT2D eigenvalue weighted by atomic mass is 9.83. The lowest BCUT2D eigenvalue weighted by Crippen LogP contribution is -2.55.